The molecule has 0 aromatic carbocycles. The number of rotatable bonds is 6. The molecule has 0 radical (unpaired) electrons. The molecule has 7 heteroatoms. The van der Waals surface area contributed by atoms with E-state index in [1.165, 1.54) is 4.90 Å². The van der Waals surface area contributed by atoms with E-state index in [0.29, 0.717) is 13.1 Å². The summed E-state index contributed by atoms with van der Waals surface area (Å²) in [5, 5.41) is 3.98. The summed E-state index contributed by atoms with van der Waals surface area (Å²) in [5.74, 6) is -0.197. The van der Waals surface area contributed by atoms with Gasteiger partial charge in [-0.15, -0.1) is 22.7 Å². The van der Waals surface area contributed by atoms with E-state index in [9.17, 15) is 9.59 Å². The Morgan fingerprint density at radius 1 is 1.04 bits per heavy atom. The predicted molar refractivity (Wildman–Crippen MR) is 102 cm³/mol. The molecule has 25 heavy (non-hydrogen) atoms. The van der Waals surface area contributed by atoms with Gasteiger partial charge in [-0.25, -0.2) is 4.79 Å². The largest absolute Gasteiger partial charge is 0.439 e. The lowest BCUT2D eigenvalue weighted by atomic mass is 10.1. The lowest BCUT2D eigenvalue weighted by Crippen LogP contribution is -2.44. The third-order valence-corrected chi connectivity index (χ3v) is 5.53. The van der Waals surface area contributed by atoms with Crippen molar-refractivity contribution in [2.75, 3.05) is 13.7 Å². The molecule has 0 fully saturated rings. The van der Waals surface area contributed by atoms with Gasteiger partial charge in [0.25, 0.3) is 5.91 Å². The molecule has 0 aliphatic heterocycles. The lowest BCUT2D eigenvalue weighted by Gasteiger charge is -2.31. The number of carbonyl (C=O) groups excluding carboxylic acids is 2. The normalized spacial score (nSPS) is 11.2. The molecule has 0 saturated heterocycles. The maximum absolute atomic E-state index is 12.6. The van der Waals surface area contributed by atoms with Crippen LogP contribution < -0.4 is 0 Å². The molecule has 0 spiro atoms. The minimum Gasteiger partial charge on any atom is -0.439 e. The highest BCUT2D eigenvalue weighted by molar-refractivity contribution is 7.10. The number of thiophene rings is 2. The van der Waals surface area contributed by atoms with E-state index in [2.05, 4.69) is 0 Å². The zero-order chi connectivity index (χ0) is 18.4. The first-order valence-electron chi connectivity index (χ1n) is 8.00. The molecule has 0 atom stereocenters. The summed E-state index contributed by atoms with van der Waals surface area (Å²) in [5.41, 5.74) is -0.353. The van der Waals surface area contributed by atoms with E-state index in [1.807, 2.05) is 55.8 Å². The van der Waals surface area contributed by atoms with Gasteiger partial charge in [0.15, 0.2) is 6.61 Å². The number of hydrogen-bond donors (Lipinski definition) is 0. The molecule has 5 nitrogen and oxygen atoms in total. The molecule has 0 saturated carbocycles. The summed E-state index contributed by atoms with van der Waals surface area (Å²) in [6.07, 6.45) is -0.493. The lowest BCUT2D eigenvalue weighted by molar-refractivity contribution is -0.135. The van der Waals surface area contributed by atoms with Crippen LogP contribution in [0.5, 0.6) is 0 Å². The second-order valence-electron chi connectivity index (χ2n) is 6.69. The van der Waals surface area contributed by atoms with Gasteiger partial charge < -0.3 is 14.5 Å². The van der Waals surface area contributed by atoms with E-state index in [-0.39, 0.29) is 18.1 Å². The van der Waals surface area contributed by atoms with Gasteiger partial charge in [0, 0.05) is 22.3 Å². The van der Waals surface area contributed by atoms with Crippen molar-refractivity contribution in [2.24, 2.45) is 0 Å². The van der Waals surface area contributed by atoms with Gasteiger partial charge in [0.1, 0.15) is 0 Å². The fourth-order valence-electron chi connectivity index (χ4n) is 2.00. The molecule has 0 N–H and O–H groups in total. The van der Waals surface area contributed by atoms with E-state index < -0.39 is 6.09 Å². The van der Waals surface area contributed by atoms with Crippen molar-refractivity contribution in [2.45, 2.75) is 39.4 Å². The predicted octanol–water partition coefficient (Wildman–Crippen LogP) is 4.21. The Bertz CT molecular complexity index is 639. The Morgan fingerprint density at radius 2 is 1.56 bits per heavy atom. The fraction of sp³-hybridized carbons (Fsp3) is 0.444. The van der Waals surface area contributed by atoms with Crippen LogP contribution in [-0.4, -0.2) is 41.0 Å². The maximum atomic E-state index is 12.6. The second kappa shape index (κ2) is 8.49. The summed E-state index contributed by atoms with van der Waals surface area (Å²) in [4.78, 5) is 30.1. The summed E-state index contributed by atoms with van der Waals surface area (Å²) in [6.45, 7) is 6.51. The Balaban J connectivity index is 1.98. The zero-order valence-electron chi connectivity index (χ0n) is 15.0. The van der Waals surface area contributed by atoms with Crippen LogP contribution in [0.3, 0.4) is 0 Å². The zero-order valence-corrected chi connectivity index (χ0v) is 16.7. The standard InChI is InChI=1S/C18H24N2O3S2/c1-18(2,3)19(4)17(22)23-13-16(21)20(11-14-7-5-9-24-14)12-15-8-6-10-25-15/h5-10H,11-13H2,1-4H3. The van der Waals surface area contributed by atoms with E-state index in [0.717, 1.165) is 9.75 Å². The van der Waals surface area contributed by atoms with Crippen molar-refractivity contribution in [1.82, 2.24) is 9.80 Å². The molecular formula is C18H24N2O3S2. The van der Waals surface area contributed by atoms with Crippen molar-refractivity contribution >= 4 is 34.7 Å². The van der Waals surface area contributed by atoms with Crippen LogP contribution in [0.1, 0.15) is 30.5 Å². The maximum Gasteiger partial charge on any atom is 0.410 e. The van der Waals surface area contributed by atoms with E-state index in [4.69, 9.17) is 4.74 Å². The Labute approximate surface area is 156 Å². The minimum absolute atomic E-state index is 0.197. The van der Waals surface area contributed by atoms with Gasteiger partial charge in [-0.1, -0.05) is 12.1 Å². The summed E-state index contributed by atoms with van der Waals surface area (Å²) in [7, 11) is 1.67. The van der Waals surface area contributed by atoms with Crippen molar-refractivity contribution in [3.63, 3.8) is 0 Å². The first-order valence-corrected chi connectivity index (χ1v) is 9.76. The Morgan fingerprint density at radius 3 is 1.96 bits per heavy atom. The van der Waals surface area contributed by atoms with Gasteiger partial charge in [-0.2, -0.15) is 0 Å². The second-order valence-corrected chi connectivity index (χ2v) is 8.76. The van der Waals surface area contributed by atoms with Crippen molar-refractivity contribution < 1.29 is 14.3 Å². The average molecular weight is 381 g/mol. The van der Waals surface area contributed by atoms with Gasteiger partial charge in [0.05, 0.1) is 13.1 Å². The van der Waals surface area contributed by atoms with Crippen LogP contribution in [0.25, 0.3) is 0 Å². The molecule has 2 aromatic heterocycles. The van der Waals surface area contributed by atoms with Crippen molar-refractivity contribution in [3.05, 3.63) is 44.8 Å². The Hall–Kier alpha value is -1.86. The van der Waals surface area contributed by atoms with Gasteiger partial charge in [-0.3, -0.25) is 4.79 Å². The number of nitrogens with zero attached hydrogens (tertiary/aromatic N) is 2. The summed E-state index contributed by atoms with van der Waals surface area (Å²) >= 11 is 3.21. The first kappa shape index (κ1) is 19.5. The van der Waals surface area contributed by atoms with Gasteiger partial charge in [-0.05, 0) is 43.7 Å². The fourth-order valence-corrected chi connectivity index (χ4v) is 3.44. The van der Waals surface area contributed by atoms with Crippen LogP contribution in [-0.2, 0) is 22.6 Å². The molecule has 0 unspecified atom stereocenters. The van der Waals surface area contributed by atoms with Crippen molar-refractivity contribution in [3.8, 4) is 0 Å². The highest BCUT2D eigenvalue weighted by Crippen LogP contribution is 2.18. The Kier molecular flexibility index (Phi) is 6.61. The smallest absolute Gasteiger partial charge is 0.410 e. The average Bonchev–Trinajstić information content (AvgIpc) is 3.23. The molecular weight excluding hydrogens is 356 g/mol. The van der Waals surface area contributed by atoms with Crippen LogP contribution in [0, 0.1) is 0 Å². The number of amides is 2. The minimum atomic E-state index is -0.493. The highest BCUT2D eigenvalue weighted by Gasteiger charge is 2.25. The van der Waals surface area contributed by atoms with Crippen LogP contribution in [0.15, 0.2) is 35.0 Å². The highest BCUT2D eigenvalue weighted by atomic mass is 32.1. The molecule has 2 aromatic rings. The topological polar surface area (TPSA) is 49.9 Å². The number of ether oxygens (including phenoxy) is 1. The molecule has 2 heterocycles. The number of hydrogen-bond acceptors (Lipinski definition) is 5. The quantitative estimate of drug-likeness (QED) is 0.754. The SMILES string of the molecule is CN(C(=O)OCC(=O)N(Cc1cccs1)Cc1cccs1)C(C)(C)C. The van der Waals surface area contributed by atoms with Gasteiger partial charge in [0.2, 0.25) is 0 Å². The molecule has 0 aliphatic rings. The van der Waals surface area contributed by atoms with Crippen LogP contribution in [0.2, 0.25) is 0 Å². The summed E-state index contributed by atoms with van der Waals surface area (Å²) < 4.78 is 5.21. The number of carbonyl (C=O) groups is 2. The molecule has 0 aliphatic carbocycles. The third-order valence-electron chi connectivity index (χ3n) is 3.81. The monoisotopic (exact) mass is 380 g/mol. The molecule has 2 amide bonds. The van der Waals surface area contributed by atoms with Gasteiger partial charge >= 0.3 is 6.09 Å². The van der Waals surface area contributed by atoms with Crippen LogP contribution >= 0.6 is 22.7 Å². The molecule has 136 valence electrons. The van der Waals surface area contributed by atoms with E-state index >= 15 is 0 Å². The third kappa shape index (κ3) is 5.86. The molecule has 0 bridgehead atoms. The van der Waals surface area contributed by atoms with Crippen molar-refractivity contribution in [1.29, 1.82) is 0 Å². The summed E-state index contributed by atoms with van der Waals surface area (Å²) in [6, 6.07) is 7.93. The molecule has 2 rings (SSSR count). The first-order chi connectivity index (χ1) is 11.8. The van der Waals surface area contributed by atoms with E-state index in [1.54, 1.807) is 34.6 Å². The van der Waals surface area contributed by atoms with Crippen LogP contribution in [0.4, 0.5) is 4.79 Å².